The summed E-state index contributed by atoms with van der Waals surface area (Å²) in [6.45, 7) is -1.11. The van der Waals surface area contributed by atoms with Gasteiger partial charge < -0.3 is 14.2 Å². The maximum absolute atomic E-state index is 12.2. The molecule has 146 valence electrons. The molecule has 1 rings (SSSR count). The van der Waals surface area contributed by atoms with Crippen molar-refractivity contribution in [2.75, 3.05) is 25.3 Å². The van der Waals surface area contributed by atoms with Crippen molar-refractivity contribution in [3.05, 3.63) is 24.3 Å². The molecule has 0 fully saturated rings. The number of rotatable bonds is 4. The van der Waals surface area contributed by atoms with Gasteiger partial charge in [-0.1, -0.05) is 69.6 Å². The van der Waals surface area contributed by atoms with Crippen LogP contribution in [0.3, 0.4) is 0 Å². The van der Waals surface area contributed by atoms with Crippen LogP contribution in [0.15, 0.2) is 24.3 Å². The summed E-state index contributed by atoms with van der Waals surface area (Å²) in [5.74, 6) is 0.516. The number of benzene rings is 1. The van der Waals surface area contributed by atoms with E-state index in [2.05, 4.69) is 5.43 Å². The summed E-state index contributed by atoms with van der Waals surface area (Å²) in [6.07, 6.45) is -2.13. The number of amides is 2. The van der Waals surface area contributed by atoms with Crippen LogP contribution < -0.4 is 15.2 Å². The molecule has 0 spiro atoms. The fourth-order valence-corrected chi connectivity index (χ4v) is 1.75. The van der Waals surface area contributed by atoms with Crippen molar-refractivity contribution in [2.45, 2.75) is 7.59 Å². The highest BCUT2D eigenvalue weighted by atomic mass is 35.6. The zero-order valence-corrected chi connectivity index (χ0v) is 17.5. The molecular weight excluding hydrogens is 477 g/mol. The lowest BCUT2D eigenvalue weighted by molar-refractivity contribution is 0.135. The number of anilines is 1. The van der Waals surface area contributed by atoms with Crippen molar-refractivity contribution in [2.24, 2.45) is 0 Å². The van der Waals surface area contributed by atoms with Crippen molar-refractivity contribution in [3.8, 4) is 5.75 Å². The lowest BCUT2D eigenvalue weighted by Gasteiger charge is -2.24. The maximum Gasteiger partial charge on any atom is 0.433 e. The fourth-order valence-electron chi connectivity index (χ4n) is 1.43. The number of hydrazine groups is 1. The number of methoxy groups -OCH3 is 1. The van der Waals surface area contributed by atoms with E-state index >= 15 is 0 Å². The van der Waals surface area contributed by atoms with Crippen LogP contribution >= 0.6 is 69.6 Å². The summed E-state index contributed by atoms with van der Waals surface area (Å²) in [4.78, 5) is 24.1. The number of alkyl halides is 6. The maximum atomic E-state index is 12.2. The zero-order chi connectivity index (χ0) is 20.0. The van der Waals surface area contributed by atoms with Gasteiger partial charge in [-0.25, -0.2) is 15.0 Å². The smallest absolute Gasteiger partial charge is 0.433 e. The van der Waals surface area contributed by atoms with E-state index < -0.39 is 33.0 Å². The number of carbonyl (C=O) groups is 2. The summed E-state index contributed by atoms with van der Waals surface area (Å²) < 4.78 is 10.9. The average Bonchev–Trinajstić information content (AvgIpc) is 2.54. The molecule has 2 amide bonds. The molecule has 1 N–H and O–H groups in total. The minimum atomic E-state index is -1.84. The van der Waals surface area contributed by atoms with Gasteiger partial charge in [-0.15, -0.1) is 0 Å². The SMILES string of the molecule is COc1ccc(N(NC(=O)OCC(Cl)(Cl)Cl)C(=O)OCC(Cl)(Cl)Cl)cc1. The van der Waals surface area contributed by atoms with Crippen LogP contribution in [0, 0.1) is 0 Å². The van der Waals surface area contributed by atoms with Gasteiger partial charge in [0.1, 0.15) is 19.0 Å². The summed E-state index contributed by atoms with van der Waals surface area (Å²) >= 11 is 33.1. The molecule has 0 aliphatic rings. The molecule has 1 aromatic carbocycles. The van der Waals surface area contributed by atoms with E-state index in [-0.39, 0.29) is 5.69 Å². The molecule has 0 radical (unpaired) electrons. The third-order valence-electron chi connectivity index (χ3n) is 2.44. The average molecular weight is 489 g/mol. The molecule has 1 aromatic rings. The Kier molecular flexibility index (Phi) is 8.99. The van der Waals surface area contributed by atoms with Crippen LogP contribution in [-0.4, -0.2) is 40.1 Å². The first-order chi connectivity index (χ1) is 11.9. The quantitative estimate of drug-likeness (QED) is 0.475. The molecule has 0 aromatic heterocycles. The Morgan fingerprint density at radius 3 is 1.92 bits per heavy atom. The molecule has 0 heterocycles. The van der Waals surface area contributed by atoms with Crippen LogP contribution in [0.4, 0.5) is 15.3 Å². The van der Waals surface area contributed by atoms with E-state index in [1.165, 1.54) is 19.2 Å². The van der Waals surface area contributed by atoms with E-state index in [4.69, 9.17) is 83.8 Å². The number of hydrogen-bond donors (Lipinski definition) is 1. The Bertz CT molecular complexity index is 617. The molecular formula is C13H12Cl6N2O5. The second kappa shape index (κ2) is 10.0. The van der Waals surface area contributed by atoms with Crippen molar-refractivity contribution >= 4 is 87.5 Å². The molecule has 0 saturated heterocycles. The normalized spacial score (nSPS) is 11.5. The van der Waals surface area contributed by atoms with Crippen molar-refractivity contribution in [3.63, 3.8) is 0 Å². The van der Waals surface area contributed by atoms with Crippen molar-refractivity contribution < 1.29 is 23.8 Å². The first-order valence-corrected chi connectivity index (χ1v) is 8.86. The second-order valence-corrected chi connectivity index (χ2v) is 9.54. The second-order valence-electron chi connectivity index (χ2n) is 4.51. The Morgan fingerprint density at radius 2 is 1.46 bits per heavy atom. The van der Waals surface area contributed by atoms with Crippen LogP contribution in [0.5, 0.6) is 5.75 Å². The predicted octanol–water partition coefficient (Wildman–Crippen LogP) is 5.02. The van der Waals surface area contributed by atoms with Gasteiger partial charge in [-0.3, -0.25) is 0 Å². The summed E-state index contributed by atoms with van der Waals surface area (Å²) in [5.41, 5.74) is 2.33. The Balaban J connectivity index is 2.89. The summed E-state index contributed by atoms with van der Waals surface area (Å²) in [5, 5.41) is 0.719. The monoisotopic (exact) mass is 486 g/mol. The van der Waals surface area contributed by atoms with Gasteiger partial charge in [0, 0.05) is 0 Å². The highest BCUT2D eigenvalue weighted by Crippen LogP contribution is 2.27. The third kappa shape index (κ3) is 9.30. The van der Waals surface area contributed by atoms with Gasteiger partial charge >= 0.3 is 12.2 Å². The fraction of sp³-hybridized carbons (Fsp3) is 0.385. The largest absolute Gasteiger partial charge is 0.497 e. The first-order valence-electron chi connectivity index (χ1n) is 6.59. The Morgan fingerprint density at radius 1 is 0.962 bits per heavy atom. The minimum absolute atomic E-state index is 0.200. The molecule has 7 nitrogen and oxygen atoms in total. The predicted molar refractivity (Wildman–Crippen MR) is 102 cm³/mol. The number of ether oxygens (including phenoxy) is 3. The summed E-state index contributed by atoms with van der Waals surface area (Å²) in [7, 11) is 1.47. The molecule has 13 heteroatoms. The van der Waals surface area contributed by atoms with Gasteiger partial charge in [0.15, 0.2) is 0 Å². The van der Waals surface area contributed by atoms with Crippen LogP contribution in [0.2, 0.25) is 0 Å². The van der Waals surface area contributed by atoms with E-state index in [9.17, 15) is 9.59 Å². The minimum Gasteiger partial charge on any atom is -0.497 e. The van der Waals surface area contributed by atoms with E-state index in [1.807, 2.05) is 0 Å². The van der Waals surface area contributed by atoms with Crippen molar-refractivity contribution in [1.29, 1.82) is 0 Å². The topological polar surface area (TPSA) is 77.1 Å². The number of nitrogens with zero attached hydrogens (tertiary/aromatic N) is 1. The van der Waals surface area contributed by atoms with Gasteiger partial charge in [-0.05, 0) is 24.3 Å². The summed E-state index contributed by atoms with van der Waals surface area (Å²) in [6, 6.07) is 6.01. The molecule has 0 aliphatic heterocycles. The number of halogens is 6. The lowest BCUT2D eigenvalue weighted by atomic mass is 10.3. The van der Waals surface area contributed by atoms with Gasteiger partial charge in [0.25, 0.3) is 0 Å². The molecule has 0 unspecified atom stereocenters. The van der Waals surface area contributed by atoms with Crippen molar-refractivity contribution in [1.82, 2.24) is 5.43 Å². The van der Waals surface area contributed by atoms with E-state index in [1.54, 1.807) is 12.1 Å². The third-order valence-corrected chi connectivity index (χ3v) is 3.10. The standard InChI is InChI=1S/C13H12Cl6N2O5/c1-24-9-4-2-8(3-5-9)21(11(23)26-7-13(17,18)19)20-10(22)25-6-12(14,15)16/h2-5H,6-7H2,1H3,(H,20,22). The number of carbonyl (C=O) groups excluding carboxylic acids is 2. The Labute approximate surface area is 179 Å². The van der Waals surface area contributed by atoms with E-state index in [0.29, 0.717) is 5.75 Å². The molecule has 26 heavy (non-hydrogen) atoms. The van der Waals surface area contributed by atoms with Crippen LogP contribution in [-0.2, 0) is 9.47 Å². The van der Waals surface area contributed by atoms with Crippen LogP contribution in [0.1, 0.15) is 0 Å². The number of nitrogens with one attached hydrogen (secondary N) is 1. The van der Waals surface area contributed by atoms with E-state index in [0.717, 1.165) is 5.01 Å². The zero-order valence-electron chi connectivity index (χ0n) is 13.0. The highest BCUT2D eigenvalue weighted by Gasteiger charge is 2.28. The lowest BCUT2D eigenvalue weighted by Crippen LogP contribution is -2.48. The number of hydrogen-bond acceptors (Lipinski definition) is 5. The molecule has 0 bridgehead atoms. The molecule has 0 atom stereocenters. The Hall–Kier alpha value is -0.700. The van der Waals surface area contributed by atoms with Crippen LogP contribution in [0.25, 0.3) is 0 Å². The highest BCUT2D eigenvalue weighted by molar-refractivity contribution is 6.68. The molecule has 0 aliphatic carbocycles. The van der Waals surface area contributed by atoms with Gasteiger partial charge in [0.05, 0.1) is 12.8 Å². The molecule has 0 saturated carbocycles. The van der Waals surface area contributed by atoms with Gasteiger partial charge in [0.2, 0.25) is 7.59 Å². The van der Waals surface area contributed by atoms with Gasteiger partial charge in [-0.2, -0.15) is 5.01 Å². The first kappa shape index (κ1) is 23.3.